The van der Waals surface area contributed by atoms with Crippen molar-refractivity contribution >= 4 is 10.1 Å². The molecule has 0 heterocycles. The lowest BCUT2D eigenvalue weighted by Crippen LogP contribution is -2.71. The number of hydroxylamine groups is 3. The van der Waals surface area contributed by atoms with Crippen molar-refractivity contribution in [1.29, 1.82) is 0 Å². The first-order valence-electron chi connectivity index (χ1n) is 8.20. The van der Waals surface area contributed by atoms with Gasteiger partial charge in [-0.05, 0) is 24.3 Å². The normalized spacial score (nSPS) is 15.4. The van der Waals surface area contributed by atoms with Crippen molar-refractivity contribution in [3.8, 4) is 5.75 Å². The second kappa shape index (κ2) is 8.28. The van der Waals surface area contributed by atoms with Gasteiger partial charge in [0.15, 0.2) is 0 Å². The molecule has 0 aromatic heterocycles. The van der Waals surface area contributed by atoms with Crippen LogP contribution in [-0.2, 0) is 16.7 Å². The number of alkyl halides is 13. The Morgan fingerprint density at radius 3 is 1.47 bits per heavy atom. The first-order chi connectivity index (χ1) is 14.7. The van der Waals surface area contributed by atoms with Crippen LogP contribution >= 0.6 is 0 Å². The van der Waals surface area contributed by atoms with Crippen molar-refractivity contribution in [2.24, 2.45) is 0 Å². The van der Waals surface area contributed by atoms with Gasteiger partial charge in [0.1, 0.15) is 12.3 Å². The number of halogens is 13. The summed E-state index contributed by atoms with van der Waals surface area (Å²) in [5, 5.41) is 2.10. The van der Waals surface area contributed by atoms with Gasteiger partial charge in [-0.25, -0.2) is 5.21 Å². The van der Waals surface area contributed by atoms with E-state index in [2.05, 4.69) is 4.18 Å². The van der Waals surface area contributed by atoms with Crippen molar-refractivity contribution in [3.05, 3.63) is 29.8 Å². The molecule has 0 atom stereocenters. The van der Waals surface area contributed by atoms with E-state index in [1.165, 1.54) is 14.1 Å². The second-order valence-corrected chi connectivity index (χ2v) is 8.86. The molecule has 19 heteroatoms. The summed E-state index contributed by atoms with van der Waals surface area (Å²) >= 11 is 0. The zero-order chi connectivity index (χ0) is 27.4. The van der Waals surface area contributed by atoms with E-state index < -0.39 is 55.6 Å². The van der Waals surface area contributed by atoms with Crippen LogP contribution in [0.1, 0.15) is 5.56 Å². The summed E-state index contributed by atoms with van der Waals surface area (Å²) in [6.07, 6.45) is -7.62. The fourth-order valence-corrected chi connectivity index (χ4v) is 3.10. The van der Waals surface area contributed by atoms with Crippen molar-refractivity contribution in [1.82, 2.24) is 0 Å². The van der Waals surface area contributed by atoms with Crippen LogP contribution in [0, 0.1) is 0 Å². The van der Waals surface area contributed by atoms with E-state index >= 15 is 0 Å². The van der Waals surface area contributed by atoms with Gasteiger partial charge in [0.2, 0.25) is 0 Å². The molecule has 5 nitrogen and oxygen atoms in total. The van der Waals surface area contributed by atoms with E-state index in [1.807, 2.05) is 0 Å². The van der Waals surface area contributed by atoms with Crippen LogP contribution < -0.4 is 4.18 Å². The summed E-state index contributed by atoms with van der Waals surface area (Å²) in [7, 11) is -4.93. The molecule has 198 valence electrons. The Bertz CT molecular complexity index is 983. The lowest BCUT2D eigenvalue weighted by Gasteiger charge is -2.38. The number of rotatable bonds is 9. The van der Waals surface area contributed by atoms with Crippen LogP contribution in [0.4, 0.5) is 57.1 Å². The highest BCUT2D eigenvalue weighted by Crippen LogP contribution is 2.61. The van der Waals surface area contributed by atoms with E-state index in [0.717, 1.165) is 12.1 Å². The van der Waals surface area contributed by atoms with E-state index in [1.54, 1.807) is 0 Å². The maximum absolute atomic E-state index is 13.8. The third-order valence-electron chi connectivity index (χ3n) is 3.92. The molecule has 0 unspecified atom stereocenters. The Hall–Kier alpha value is -2.02. The molecule has 0 amide bonds. The molecule has 0 aliphatic carbocycles. The first-order valence-corrected chi connectivity index (χ1v) is 9.61. The predicted molar refractivity (Wildman–Crippen MR) is 84.4 cm³/mol. The van der Waals surface area contributed by atoms with E-state index in [-0.39, 0.29) is 12.1 Å². The Morgan fingerprint density at radius 1 is 0.735 bits per heavy atom. The monoisotopic (exact) mass is 550 g/mol. The molecule has 0 aliphatic rings. The van der Waals surface area contributed by atoms with Gasteiger partial charge in [0, 0.05) is 5.56 Å². The molecular weight excluding hydrogens is 537 g/mol. The summed E-state index contributed by atoms with van der Waals surface area (Å²) in [4.78, 5) is 0. The van der Waals surface area contributed by atoms with Crippen LogP contribution in [0.15, 0.2) is 24.3 Å². The van der Waals surface area contributed by atoms with Gasteiger partial charge in [0.25, 0.3) is 0 Å². The maximum atomic E-state index is 13.8. The molecular formula is C15H13F13NO4S+. The van der Waals surface area contributed by atoms with Crippen LogP contribution in [0.5, 0.6) is 5.75 Å². The van der Waals surface area contributed by atoms with Gasteiger partial charge in [-0.3, -0.25) is 0 Å². The highest BCUT2D eigenvalue weighted by molar-refractivity contribution is 7.88. The van der Waals surface area contributed by atoms with E-state index in [9.17, 15) is 70.7 Å². The topological polar surface area (TPSA) is 63.6 Å². The molecule has 0 fully saturated rings. The minimum absolute atomic E-state index is 0.148. The third kappa shape index (κ3) is 4.86. The first kappa shape index (κ1) is 30.0. The zero-order valence-electron chi connectivity index (χ0n) is 16.5. The molecule has 0 radical (unpaired) electrons. The summed E-state index contributed by atoms with van der Waals surface area (Å²) in [6, 6.07) is 2.68. The SMILES string of the molecule is C[N+](C)(O)Cc1ccc(OS(=O)(=O)C(F)(F)C(F)(F)C(F)(F)C(F)(F)C(F)(F)C(F)(F)F)cc1. The zero-order valence-corrected chi connectivity index (χ0v) is 17.3. The summed E-state index contributed by atoms with van der Waals surface area (Å²) in [5.74, 6) is -33.8. The molecule has 0 saturated heterocycles. The Morgan fingerprint density at radius 2 is 1.12 bits per heavy atom. The molecule has 1 rings (SSSR count). The molecule has 0 spiro atoms. The molecule has 1 aromatic rings. The smallest absolute Gasteiger partial charge is 0.378 e. The van der Waals surface area contributed by atoms with Gasteiger partial charge >= 0.3 is 45.2 Å². The van der Waals surface area contributed by atoms with Crippen molar-refractivity contribution in [3.63, 3.8) is 0 Å². The van der Waals surface area contributed by atoms with Crippen molar-refractivity contribution in [2.45, 2.75) is 41.7 Å². The summed E-state index contributed by atoms with van der Waals surface area (Å²) in [6.45, 7) is -0.198. The fourth-order valence-electron chi connectivity index (χ4n) is 2.19. The minimum atomic E-state index is -8.27. The third-order valence-corrected chi connectivity index (χ3v) is 5.21. The van der Waals surface area contributed by atoms with Gasteiger partial charge in [0.05, 0.1) is 14.1 Å². The van der Waals surface area contributed by atoms with E-state index in [0.29, 0.717) is 12.1 Å². The molecule has 1 N–H and O–H groups in total. The molecule has 0 bridgehead atoms. The average Bonchev–Trinajstić information content (AvgIpc) is 2.60. The predicted octanol–water partition coefficient (Wildman–Crippen LogP) is 5.06. The number of quaternary nitrogens is 1. The number of hydrogen-bond acceptors (Lipinski definition) is 4. The minimum Gasteiger partial charge on any atom is -0.378 e. The highest BCUT2D eigenvalue weighted by Gasteiger charge is 2.93. The molecule has 1 aromatic carbocycles. The van der Waals surface area contributed by atoms with Crippen LogP contribution in [-0.4, -0.2) is 67.5 Å². The van der Waals surface area contributed by atoms with Crippen molar-refractivity contribution in [2.75, 3.05) is 14.1 Å². The van der Waals surface area contributed by atoms with Crippen molar-refractivity contribution < 1.29 is 79.5 Å². The summed E-state index contributed by atoms with van der Waals surface area (Å²) in [5.41, 5.74) is 0.148. The Balaban J connectivity index is 3.42. The van der Waals surface area contributed by atoms with Gasteiger partial charge in [-0.2, -0.15) is 70.1 Å². The maximum Gasteiger partial charge on any atom is 0.460 e. The van der Waals surface area contributed by atoms with Crippen LogP contribution in [0.25, 0.3) is 0 Å². The molecule has 0 aliphatic heterocycles. The lowest BCUT2D eigenvalue weighted by atomic mass is 9.98. The highest BCUT2D eigenvalue weighted by atomic mass is 32.2. The van der Waals surface area contributed by atoms with E-state index in [4.69, 9.17) is 0 Å². The summed E-state index contributed by atoms with van der Waals surface area (Å²) < 4.78 is 196. The Labute approximate surface area is 182 Å². The average molecular weight is 550 g/mol. The molecule has 0 saturated carbocycles. The van der Waals surface area contributed by atoms with Gasteiger partial charge in [-0.1, -0.05) is 0 Å². The quantitative estimate of drug-likeness (QED) is 0.202. The number of benzene rings is 1. The lowest BCUT2D eigenvalue weighted by molar-refractivity contribution is -1.08. The second-order valence-electron chi connectivity index (χ2n) is 7.27. The van der Waals surface area contributed by atoms with Gasteiger partial charge in [-0.15, -0.1) is 0 Å². The van der Waals surface area contributed by atoms with Crippen LogP contribution in [0.3, 0.4) is 0 Å². The molecule has 34 heavy (non-hydrogen) atoms. The Kier molecular flexibility index (Phi) is 7.31. The standard InChI is InChI=1S/C15H13F13NO4S/c1-29(2,30)7-8-3-5-9(6-4-8)33-34(31,32)15(27,28)13(22,23)11(18,19)10(16,17)12(20,21)14(24,25)26/h3-6,30H,7H2,1-2H3/q+1. The number of nitrogens with zero attached hydrogens (tertiary/aromatic N) is 1. The van der Waals surface area contributed by atoms with Crippen LogP contribution in [0.2, 0.25) is 0 Å². The van der Waals surface area contributed by atoms with Gasteiger partial charge < -0.3 is 4.18 Å². The fraction of sp³-hybridized carbons (Fsp3) is 0.600. The number of hydrogen-bond donors (Lipinski definition) is 1. The largest absolute Gasteiger partial charge is 0.460 e.